The molecule has 28 heavy (non-hydrogen) atoms. The van der Waals surface area contributed by atoms with E-state index in [0.717, 1.165) is 16.3 Å². The number of amides is 1. The maximum atomic E-state index is 12.3. The molecule has 7 nitrogen and oxygen atoms in total. The minimum atomic E-state index is -0.519. The highest BCUT2D eigenvalue weighted by molar-refractivity contribution is 6.00. The number of hydrogen-bond donors (Lipinski definition) is 1. The zero-order valence-corrected chi connectivity index (χ0v) is 15.5. The molecular weight excluding hydrogens is 358 g/mol. The lowest BCUT2D eigenvalue weighted by Gasteiger charge is -2.07. The van der Waals surface area contributed by atoms with Gasteiger partial charge in [-0.05, 0) is 35.4 Å². The predicted molar refractivity (Wildman–Crippen MR) is 108 cm³/mol. The van der Waals surface area contributed by atoms with Crippen LogP contribution in [0.1, 0.15) is 18.1 Å². The van der Waals surface area contributed by atoms with Gasteiger partial charge in [0, 0.05) is 11.6 Å². The van der Waals surface area contributed by atoms with Gasteiger partial charge in [0.15, 0.2) is 5.75 Å². The Hall–Kier alpha value is -3.74. The number of nitrogens with zero attached hydrogens (tertiary/aromatic N) is 2. The Morgan fingerprint density at radius 1 is 1.14 bits per heavy atom. The van der Waals surface area contributed by atoms with Crippen molar-refractivity contribution in [3.8, 4) is 5.75 Å². The minimum absolute atomic E-state index is 0.156. The summed E-state index contributed by atoms with van der Waals surface area (Å²) in [5, 5.41) is 17.3. The van der Waals surface area contributed by atoms with E-state index in [1.165, 1.54) is 19.2 Å². The van der Waals surface area contributed by atoms with Crippen molar-refractivity contribution < 1.29 is 14.5 Å². The monoisotopic (exact) mass is 377 g/mol. The van der Waals surface area contributed by atoms with Crippen molar-refractivity contribution in [2.24, 2.45) is 5.10 Å². The molecule has 0 unspecified atom stereocenters. The van der Waals surface area contributed by atoms with E-state index in [1.54, 1.807) is 13.0 Å². The van der Waals surface area contributed by atoms with Gasteiger partial charge >= 0.3 is 5.69 Å². The van der Waals surface area contributed by atoms with Crippen LogP contribution < -0.4 is 10.2 Å². The van der Waals surface area contributed by atoms with E-state index in [-0.39, 0.29) is 23.8 Å². The molecule has 0 atom stereocenters. The summed E-state index contributed by atoms with van der Waals surface area (Å²) in [5.74, 6) is -0.0970. The third-order valence-electron chi connectivity index (χ3n) is 4.37. The first kappa shape index (κ1) is 19.0. The van der Waals surface area contributed by atoms with Crippen LogP contribution in [0.5, 0.6) is 5.75 Å². The fourth-order valence-corrected chi connectivity index (χ4v) is 2.93. The van der Waals surface area contributed by atoms with Crippen LogP contribution in [0, 0.1) is 10.1 Å². The molecule has 1 N–H and O–H groups in total. The number of nitro groups is 1. The predicted octanol–water partition coefficient (Wildman–Crippen LogP) is 3.84. The molecule has 0 aromatic heterocycles. The molecule has 3 aromatic carbocycles. The Morgan fingerprint density at radius 2 is 1.89 bits per heavy atom. The van der Waals surface area contributed by atoms with Gasteiger partial charge in [-0.15, -0.1) is 0 Å². The number of fused-ring (bicyclic) bond motifs is 1. The molecule has 7 heteroatoms. The number of hydrazone groups is 1. The first-order chi connectivity index (χ1) is 13.5. The van der Waals surface area contributed by atoms with Gasteiger partial charge in [-0.2, -0.15) is 5.10 Å². The quantitative estimate of drug-likeness (QED) is 0.401. The molecule has 0 radical (unpaired) electrons. The average Bonchev–Trinajstić information content (AvgIpc) is 2.71. The van der Waals surface area contributed by atoms with Gasteiger partial charge in [0.25, 0.3) is 0 Å². The second kappa shape index (κ2) is 8.30. The van der Waals surface area contributed by atoms with Gasteiger partial charge in [0.05, 0.1) is 24.2 Å². The summed E-state index contributed by atoms with van der Waals surface area (Å²) in [4.78, 5) is 22.9. The third kappa shape index (κ3) is 4.15. The molecule has 142 valence electrons. The van der Waals surface area contributed by atoms with Crippen molar-refractivity contribution in [2.45, 2.75) is 13.3 Å². The van der Waals surface area contributed by atoms with E-state index in [0.29, 0.717) is 11.3 Å². The van der Waals surface area contributed by atoms with Crippen molar-refractivity contribution in [1.82, 2.24) is 5.43 Å². The number of nitrogens with one attached hydrogen (secondary N) is 1. The molecule has 0 heterocycles. The average molecular weight is 377 g/mol. The first-order valence-electron chi connectivity index (χ1n) is 8.62. The number of rotatable bonds is 6. The highest BCUT2D eigenvalue weighted by Gasteiger charge is 2.16. The molecule has 0 aliphatic rings. The Bertz CT molecular complexity index is 1070. The molecule has 0 spiro atoms. The van der Waals surface area contributed by atoms with Crippen LogP contribution in [0.2, 0.25) is 0 Å². The summed E-state index contributed by atoms with van der Waals surface area (Å²) in [5.41, 5.74) is 4.25. The van der Waals surface area contributed by atoms with Crippen molar-refractivity contribution in [3.05, 3.63) is 81.9 Å². The van der Waals surface area contributed by atoms with Crippen molar-refractivity contribution in [3.63, 3.8) is 0 Å². The highest BCUT2D eigenvalue weighted by Crippen LogP contribution is 2.27. The fourth-order valence-electron chi connectivity index (χ4n) is 2.93. The fraction of sp³-hybridized carbons (Fsp3) is 0.143. The van der Waals surface area contributed by atoms with Gasteiger partial charge in [-0.25, -0.2) is 5.43 Å². The van der Waals surface area contributed by atoms with Crippen LogP contribution >= 0.6 is 0 Å². The molecule has 0 fully saturated rings. The largest absolute Gasteiger partial charge is 0.490 e. The number of benzene rings is 3. The highest BCUT2D eigenvalue weighted by atomic mass is 16.6. The van der Waals surface area contributed by atoms with Gasteiger partial charge < -0.3 is 4.74 Å². The number of ether oxygens (including phenoxy) is 1. The molecule has 0 bridgehead atoms. The van der Waals surface area contributed by atoms with Crippen LogP contribution in [-0.4, -0.2) is 23.7 Å². The summed E-state index contributed by atoms with van der Waals surface area (Å²) in [7, 11) is 1.37. The van der Waals surface area contributed by atoms with Gasteiger partial charge in [-0.1, -0.05) is 42.5 Å². The van der Waals surface area contributed by atoms with E-state index < -0.39 is 4.92 Å². The standard InChI is InChI=1S/C21H19N3O4/c1-14(16-10-11-20(28-2)19(12-16)24(26)27)22-23-21(25)13-17-8-5-7-15-6-3-4-9-18(15)17/h3-12H,13H2,1-2H3,(H,23,25)/b22-14-. The maximum Gasteiger partial charge on any atom is 0.311 e. The van der Waals surface area contributed by atoms with Crippen molar-refractivity contribution in [1.29, 1.82) is 0 Å². The van der Waals surface area contributed by atoms with E-state index >= 15 is 0 Å². The van der Waals surface area contributed by atoms with Crippen LogP contribution in [0.25, 0.3) is 10.8 Å². The lowest BCUT2D eigenvalue weighted by Crippen LogP contribution is -2.21. The summed E-state index contributed by atoms with van der Waals surface area (Å²) in [6, 6.07) is 18.2. The summed E-state index contributed by atoms with van der Waals surface area (Å²) in [6.07, 6.45) is 0.181. The number of hydrogen-bond acceptors (Lipinski definition) is 5. The van der Waals surface area contributed by atoms with Crippen LogP contribution in [0.4, 0.5) is 5.69 Å². The zero-order valence-electron chi connectivity index (χ0n) is 15.5. The van der Waals surface area contributed by atoms with E-state index in [4.69, 9.17) is 4.74 Å². The van der Waals surface area contributed by atoms with Crippen molar-refractivity contribution in [2.75, 3.05) is 7.11 Å². The number of carbonyl (C=O) groups is 1. The number of carbonyl (C=O) groups excluding carboxylic acids is 1. The topological polar surface area (TPSA) is 93.8 Å². The second-order valence-electron chi connectivity index (χ2n) is 6.19. The van der Waals surface area contributed by atoms with Gasteiger partial charge in [0.2, 0.25) is 5.91 Å². The molecule has 1 amide bonds. The van der Waals surface area contributed by atoms with Crippen LogP contribution in [0.15, 0.2) is 65.8 Å². The molecule has 0 aliphatic carbocycles. The number of methoxy groups -OCH3 is 1. The smallest absolute Gasteiger partial charge is 0.311 e. The normalized spacial score (nSPS) is 11.3. The Morgan fingerprint density at radius 3 is 2.64 bits per heavy atom. The van der Waals surface area contributed by atoms with Crippen molar-refractivity contribution >= 4 is 28.1 Å². The first-order valence-corrected chi connectivity index (χ1v) is 8.62. The zero-order chi connectivity index (χ0) is 20.1. The van der Waals surface area contributed by atoms with E-state index in [2.05, 4.69) is 10.5 Å². The molecule has 3 rings (SSSR count). The maximum absolute atomic E-state index is 12.3. The lowest BCUT2D eigenvalue weighted by atomic mass is 10.0. The van der Waals surface area contributed by atoms with Crippen LogP contribution in [-0.2, 0) is 11.2 Å². The van der Waals surface area contributed by atoms with E-state index in [9.17, 15) is 14.9 Å². The summed E-state index contributed by atoms with van der Waals surface area (Å²) in [6.45, 7) is 1.67. The Kier molecular flexibility index (Phi) is 5.64. The lowest BCUT2D eigenvalue weighted by molar-refractivity contribution is -0.385. The molecular formula is C21H19N3O4. The van der Waals surface area contributed by atoms with E-state index in [1.807, 2.05) is 42.5 Å². The van der Waals surface area contributed by atoms with Gasteiger partial charge in [-0.3, -0.25) is 14.9 Å². The number of nitro benzene ring substituents is 1. The molecule has 3 aromatic rings. The summed E-state index contributed by atoms with van der Waals surface area (Å²) < 4.78 is 4.99. The molecule has 0 saturated carbocycles. The summed E-state index contributed by atoms with van der Waals surface area (Å²) >= 11 is 0. The SMILES string of the molecule is COc1ccc(/C(C)=N\NC(=O)Cc2cccc3ccccc23)cc1[N+](=O)[O-]. The Labute approximate surface area is 161 Å². The van der Waals surface area contributed by atoms with Gasteiger partial charge in [0.1, 0.15) is 0 Å². The third-order valence-corrected chi connectivity index (χ3v) is 4.37. The molecule has 0 saturated heterocycles. The Balaban J connectivity index is 1.75. The molecule has 0 aliphatic heterocycles. The minimum Gasteiger partial charge on any atom is -0.490 e. The van der Waals surface area contributed by atoms with Crippen LogP contribution in [0.3, 0.4) is 0 Å². The second-order valence-corrected chi connectivity index (χ2v) is 6.19.